The molecule has 0 saturated heterocycles. The number of halogens is 1. The summed E-state index contributed by atoms with van der Waals surface area (Å²) in [6.07, 6.45) is -0.645. The van der Waals surface area contributed by atoms with E-state index in [1.165, 1.54) is 12.1 Å². The van der Waals surface area contributed by atoms with Crippen LogP contribution in [-0.4, -0.2) is 20.7 Å². The third-order valence-electron chi connectivity index (χ3n) is 3.79. The number of guanidine groups is 1. The minimum atomic E-state index is -3.98. The molecule has 1 heterocycles. The predicted octanol–water partition coefficient (Wildman–Crippen LogP) is 1.42. The lowest BCUT2D eigenvalue weighted by Gasteiger charge is -2.25. The Bertz CT molecular complexity index is 972. The zero-order valence-electron chi connectivity index (χ0n) is 13.3. The Kier molecular flexibility index (Phi) is 4.23. The predicted molar refractivity (Wildman–Crippen MR) is 99.4 cm³/mol. The van der Waals surface area contributed by atoms with Gasteiger partial charge in [-0.25, -0.2) is 18.5 Å². The lowest BCUT2D eigenvalue weighted by atomic mass is 10.1. The number of nitrogens with zero attached hydrogens (tertiary/aromatic N) is 2. The average Bonchev–Trinajstić information content (AvgIpc) is 2.81. The highest BCUT2D eigenvalue weighted by Gasteiger charge is 2.33. The Hall–Kier alpha value is -2.49. The molecule has 132 valence electrons. The summed E-state index contributed by atoms with van der Waals surface area (Å²) in [6, 6.07) is 10.5. The van der Waals surface area contributed by atoms with Crippen molar-refractivity contribution in [3.63, 3.8) is 0 Å². The third-order valence-corrected chi connectivity index (χ3v) is 5.17. The van der Waals surface area contributed by atoms with Gasteiger partial charge in [0.2, 0.25) is 16.3 Å². The maximum absolute atomic E-state index is 11.8. The smallest absolute Gasteiger partial charge is 0.239 e. The molecule has 1 aliphatic heterocycles. The number of para-hydroxylation sites is 1. The molecule has 0 bridgehead atoms. The first-order chi connectivity index (χ1) is 11.7. The largest absolute Gasteiger partial charge is 0.370 e. The van der Waals surface area contributed by atoms with E-state index in [1.54, 1.807) is 4.90 Å². The van der Waals surface area contributed by atoms with Gasteiger partial charge in [-0.1, -0.05) is 29.8 Å². The van der Waals surface area contributed by atoms with Gasteiger partial charge in [0.05, 0.1) is 16.4 Å². The van der Waals surface area contributed by atoms with Crippen LogP contribution in [0.5, 0.6) is 0 Å². The Morgan fingerprint density at radius 3 is 2.52 bits per heavy atom. The van der Waals surface area contributed by atoms with Crippen molar-refractivity contribution in [2.24, 2.45) is 21.6 Å². The maximum Gasteiger partial charge on any atom is 0.239 e. The van der Waals surface area contributed by atoms with Crippen LogP contribution in [-0.2, 0) is 10.0 Å². The number of anilines is 3. The molecule has 3 rings (SSSR count). The Morgan fingerprint density at radius 1 is 1.24 bits per heavy atom. The minimum absolute atomic E-state index is 0.0174. The van der Waals surface area contributed by atoms with Crippen molar-refractivity contribution in [1.82, 2.24) is 0 Å². The second-order valence-electron chi connectivity index (χ2n) is 5.57. The van der Waals surface area contributed by atoms with Crippen molar-refractivity contribution < 1.29 is 8.42 Å². The summed E-state index contributed by atoms with van der Waals surface area (Å²) >= 11 is 6.07. The van der Waals surface area contributed by atoms with E-state index in [1.807, 2.05) is 31.2 Å². The van der Waals surface area contributed by atoms with Gasteiger partial charge in [0.25, 0.3) is 0 Å². The molecule has 1 aliphatic rings. The summed E-state index contributed by atoms with van der Waals surface area (Å²) in [4.78, 5) is 5.79. The van der Waals surface area contributed by atoms with E-state index < -0.39 is 16.3 Å². The van der Waals surface area contributed by atoms with Crippen LogP contribution in [0, 0.1) is 6.92 Å². The Labute approximate surface area is 150 Å². The highest BCUT2D eigenvalue weighted by Crippen LogP contribution is 2.44. The number of aryl methyl sites for hydroxylation is 1. The number of hydrogen-bond donors (Lipinski definition) is 4. The van der Waals surface area contributed by atoms with Crippen LogP contribution in [0.15, 0.2) is 46.3 Å². The van der Waals surface area contributed by atoms with Gasteiger partial charge in [-0.3, -0.25) is 4.90 Å². The van der Waals surface area contributed by atoms with Crippen molar-refractivity contribution in [2.75, 3.05) is 10.2 Å². The monoisotopic (exact) mass is 380 g/mol. The van der Waals surface area contributed by atoms with Gasteiger partial charge in [0, 0.05) is 5.69 Å². The fraction of sp³-hybridized carbons (Fsp3) is 0.133. The number of primary sulfonamides is 1. The molecule has 0 fully saturated rings. The van der Waals surface area contributed by atoms with Crippen molar-refractivity contribution in [3.05, 3.63) is 47.0 Å². The van der Waals surface area contributed by atoms with Crippen LogP contribution in [0.3, 0.4) is 0 Å². The van der Waals surface area contributed by atoms with E-state index in [-0.39, 0.29) is 15.9 Å². The van der Waals surface area contributed by atoms with Crippen molar-refractivity contribution in [2.45, 2.75) is 18.1 Å². The van der Waals surface area contributed by atoms with Gasteiger partial charge in [-0.05, 0) is 30.7 Å². The molecule has 8 nitrogen and oxygen atoms in total. The first-order valence-corrected chi connectivity index (χ1v) is 9.17. The van der Waals surface area contributed by atoms with E-state index in [9.17, 15) is 8.42 Å². The Morgan fingerprint density at radius 2 is 1.92 bits per heavy atom. The van der Waals surface area contributed by atoms with Crippen LogP contribution in [0.1, 0.15) is 5.56 Å². The molecule has 1 atom stereocenters. The molecule has 2 aromatic rings. The average molecular weight is 381 g/mol. The quantitative estimate of drug-likeness (QED) is 0.469. The van der Waals surface area contributed by atoms with E-state index in [0.717, 1.165) is 11.3 Å². The number of aliphatic imine (C=N–C) groups is 1. The Balaban J connectivity index is 2.24. The van der Waals surface area contributed by atoms with Crippen molar-refractivity contribution in [3.8, 4) is 0 Å². The molecule has 0 radical (unpaired) electrons. The number of hydrogen-bond acceptors (Lipinski definition) is 5. The van der Waals surface area contributed by atoms with Gasteiger partial charge in [-0.15, -0.1) is 0 Å². The molecule has 0 aromatic heterocycles. The molecular formula is C15H17ClN6O2S. The molecular weight excluding hydrogens is 364 g/mol. The van der Waals surface area contributed by atoms with E-state index in [0.29, 0.717) is 11.4 Å². The number of fused-ring (bicyclic) bond motifs is 1. The van der Waals surface area contributed by atoms with E-state index in [4.69, 9.17) is 28.2 Å². The van der Waals surface area contributed by atoms with Crippen LogP contribution >= 0.6 is 11.6 Å². The molecule has 2 aromatic carbocycles. The topological polar surface area (TPSA) is 140 Å². The van der Waals surface area contributed by atoms with Gasteiger partial charge >= 0.3 is 0 Å². The fourth-order valence-corrected chi connectivity index (χ4v) is 3.83. The first kappa shape index (κ1) is 17.3. The van der Waals surface area contributed by atoms with Gasteiger partial charge < -0.3 is 16.8 Å². The minimum Gasteiger partial charge on any atom is -0.370 e. The molecule has 0 saturated carbocycles. The highest BCUT2D eigenvalue weighted by atomic mass is 35.5. The summed E-state index contributed by atoms with van der Waals surface area (Å²) in [5.41, 5.74) is 14.0. The molecule has 25 heavy (non-hydrogen) atoms. The van der Waals surface area contributed by atoms with Crippen molar-refractivity contribution >= 4 is 44.6 Å². The van der Waals surface area contributed by atoms with Crippen LogP contribution in [0.2, 0.25) is 5.02 Å². The van der Waals surface area contributed by atoms with Crippen LogP contribution in [0.25, 0.3) is 0 Å². The SMILES string of the molecule is Cc1ccccc1N1c2cc(S(N)(=O)=O)c(Cl)cc2NC1N=C(N)N. The number of rotatable bonds is 3. The van der Waals surface area contributed by atoms with Gasteiger partial charge in [0.1, 0.15) is 4.90 Å². The maximum atomic E-state index is 11.8. The summed E-state index contributed by atoms with van der Waals surface area (Å²) < 4.78 is 23.6. The highest BCUT2D eigenvalue weighted by molar-refractivity contribution is 7.89. The van der Waals surface area contributed by atoms with Crippen molar-refractivity contribution in [1.29, 1.82) is 0 Å². The number of nitrogens with one attached hydrogen (secondary N) is 1. The molecule has 10 heteroatoms. The second kappa shape index (κ2) is 6.10. The second-order valence-corrected chi connectivity index (χ2v) is 7.51. The number of nitrogens with two attached hydrogens (primary N) is 3. The molecule has 7 N–H and O–H groups in total. The van der Waals surface area contributed by atoms with Gasteiger partial charge in [0.15, 0.2) is 5.96 Å². The molecule has 1 unspecified atom stereocenters. The summed E-state index contributed by atoms with van der Waals surface area (Å²) in [7, 11) is -3.98. The summed E-state index contributed by atoms with van der Waals surface area (Å²) in [5.74, 6) is -0.110. The standard InChI is InChI=1S/C15H17ClN6O2S/c1-8-4-2-3-5-11(8)22-12-7-13(25(19,23)24)9(16)6-10(12)20-15(22)21-14(17)18/h2-7,15,20H,1H3,(H4,17,18,21)(H2,19,23,24). The lowest BCUT2D eigenvalue weighted by Crippen LogP contribution is -2.35. The molecule has 0 aliphatic carbocycles. The van der Waals surface area contributed by atoms with Crippen LogP contribution < -0.4 is 26.8 Å². The van der Waals surface area contributed by atoms with E-state index in [2.05, 4.69) is 10.3 Å². The summed E-state index contributed by atoms with van der Waals surface area (Å²) in [6.45, 7) is 1.93. The fourth-order valence-electron chi connectivity index (χ4n) is 2.74. The lowest BCUT2D eigenvalue weighted by molar-refractivity contribution is 0.598. The third kappa shape index (κ3) is 3.21. The normalized spacial score (nSPS) is 16.3. The van der Waals surface area contributed by atoms with Gasteiger partial charge in [-0.2, -0.15) is 0 Å². The first-order valence-electron chi connectivity index (χ1n) is 7.25. The zero-order chi connectivity index (χ0) is 18.4. The molecule has 0 amide bonds. The molecule has 0 spiro atoms. The number of sulfonamides is 1. The number of benzene rings is 2. The summed E-state index contributed by atoms with van der Waals surface area (Å²) in [5, 5.41) is 8.40. The zero-order valence-corrected chi connectivity index (χ0v) is 14.8. The van der Waals surface area contributed by atoms with Crippen LogP contribution in [0.4, 0.5) is 17.1 Å². The van der Waals surface area contributed by atoms with E-state index >= 15 is 0 Å².